The highest BCUT2D eigenvalue weighted by Gasteiger charge is 2.25. The van der Waals surface area contributed by atoms with Crippen LogP contribution in [0.15, 0.2) is 42.6 Å². The first-order chi connectivity index (χ1) is 12.9. The Morgan fingerprint density at radius 2 is 2.04 bits per heavy atom. The van der Waals surface area contributed by atoms with Gasteiger partial charge >= 0.3 is 5.97 Å². The number of nitro benzene ring substituents is 1. The first kappa shape index (κ1) is 18.3. The zero-order chi connectivity index (χ0) is 19.6. The lowest BCUT2D eigenvalue weighted by atomic mass is 10.0. The maximum atomic E-state index is 11.9. The van der Waals surface area contributed by atoms with E-state index in [0.29, 0.717) is 11.5 Å². The Morgan fingerprint density at radius 1 is 1.26 bits per heavy atom. The van der Waals surface area contributed by atoms with E-state index in [1.165, 1.54) is 19.2 Å². The number of fused-ring (bicyclic) bond motifs is 1. The number of nitrogens with one attached hydrogen (secondary N) is 1. The molecule has 0 saturated heterocycles. The first-order valence-corrected chi connectivity index (χ1v) is 8.35. The third kappa shape index (κ3) is 3.57. The number of ether oxygens (including phenoxy) is 1. The van der Waals surface area contributed by atoms with Gasteiger partial charge in [-0.05, 0) is 30.2 Å². The number of rotatable bonds is 6. The number of hydrogen-bond acceptors (Lipinski definition) is 7. The second-order valence-electron chi connectivity index (χ2n) is 6.33. The highest BCUT2D eigenvalue weighted by Crippen LogP contribution is 2.29. The lowest BCUT2D eigenvalue weighted by Gasteiger charge is -2.22. The number of hydrogen-bond donors (Lipinski definition) is 1. The van der Waals surface area contributed by atoms with E-state index in [4.69, 9.17) is 0 Å². The number of carbonyl (C=O) groups excluding carboxylic acids is 1. The van der Waals surface area contributed by atoms with Gasteiger partial charge in [0.1, 0.15) is 5.56 Å². The SMILES string of the molecule is COC(=O)c1cc(NC(c2nnc3ccccn23)C(C)C)ccc1[N+](=O)[O-]. The summed E-state index contributed by atoms with van der Waals surface area (Å²) >= 11 is 0. The van der Waals surface area contributed by atoms with Crippen LogP contribution in [0.3, 0.4) is 0 Å². The van der Waals surface area contributed by atoms with Gasteiger partial charge in [-0.15, -0.1) is 10.2 Å². The topological polar surface area (TPSA) is 112 Å². The molecule has 1 unspecified atom stereocenters. The zero-order valence-electron chi connectivity index (χ0n) is 15.1. The Balaban J connectivity index is 2.00. The number of carbonyl (C=O) groups is 1. The number of methoxy groups -OCH3 is 1. The predicted octanol–water partition coefficient (Wildman–Crippen LogP) is 3.23. The number of aromatic nitrogens is 3. The number of pyridine rings is 1. The van der Waals surface area contributed by atoms with Crippen molar-refractivity contribution in [2.24, 2.45) is 5.92 Å². The largest absolute Gasteiger partial charge is 0.465 e. The number of anilines is 1. The van der Waals surface area contributed by atoms with Crippen LogP contribution < -0.4 is 5.32 Å². The van der Waals surface area contributed by atoms with Crippen LogP contribution in [-0.2, 0) is 4.74 Å². The van der Waals surface area contributed by atoms with E-state index in [1.54, 1.807) is 6.07 Å². The maximum Gasteiger partial charge on any atom is 0.344 e. The van der Waals surface area contributed by atoms with Crippen LogP contribution in [0.4, 0.5) is 11.4 Å². The summed E-state index contributed by atoms with van der Waals surface area (Å²) in [6.07, 6.45) is 1.87. The van der Waals surface area contributed by atoms with Crippen molar-refractivity contribution < 1.29 is 14.5 Å². The monoisotopic (exact) mass is 369 g/mol. The van der Waals surface area contributed by atoms with Crippen LogP contribution in [0.5, 0.6) is 0 Å². The average molecular weight is 369 g/mol. The molecule has 0 saturated carbocycles. The first-order valence-electron chi connectivity index (χ1n) is 8.35. The molecule has 1 atom stereocenters. The van der Waals surface area contributed by atoms with E-state index >= 15 is 0 Å². The summed E-state index contributed by atoms with van der Waals surface area (Å²) in [6, 6.07) is 9.66. The predicted molar refractivity (Wildman–Crippen MR) is 98.6 cm³/mol. The van der Waals surface area contributed by atoms with Crippen molar-refractivity contribution >= 4 is 23.0 Å². The average Bonchev–Trinajstić information content (AvgIpc) is 3.08. The van der Waals surface area contributed by atoms with E-state index < -0.39 is 10.9 Å². The van der Waals surface area contributed by atoms with Crippen molar-refractivity contribution in [1.82, 2.24) is 14.6 Å². The molecule has 27 heavy (non-hydrogen) atoms. The molecule has 0 fully saturated rings. The van der Waals surface area contributed by atoms with Crippen molar-refractivity contribution in [1.29, 1.82) is 0 Å². The summed E-state index contributed by atoms with van der Waals surface area (Å²) in [4.78, 5) is 22.5. The summed E-state index contributed by atoms with van der Waals surface area (Å²) in [6.45, 7) is 4.04. The molecule has 3 aromatic rings. The molecule has 9 nitrogen and oxygen atoms in total. The summed E-state index contributed by atoms with van der Waals surface area (Å²) in [5.41, 5.74) is 0.855. The van der Waals surface area contributed by atoms with E-state index in [9.17, 15) is 14.9 Å². The van der Waals surface area contributed by atoms with Crippen LogP contribution in [0.2, 0.25) is 0 Å². The summed E-state index contributed by atoms with van der Waals surface area (Å²) in [5.74, 6) is 0.0762. The molecular weight excluding hydrogens is 350 g/mol. The third-order valence-electron chi connectivity index (χ3n) is 4.21. The Kier molecular flexibility index (Phi) is 5.02. The molecule has 0 amide bonds. The molecule has 0 bridgehead atoms. The molecule has 0 spiro atoms. The van der Waals surface area contributed by atoms with Gasteiger partial charge in [-0.1, -0.05) is 19.9 Å². The Labute approximate surface area is 155 Å². The van der Waals surface area contributed by atoms with E-state index in [2.05, 4.69) is 20.3 Å². The van der Waals surface area contributed by atoms with Gasteiger partial charge in [-0.2, -0.15) is 0 Å². The molecule has 2 aromatic heterocycles. The van der Waals surface area contributed by atoms with Crippen molar-refractivity contribution in [2.75, 3.05) is 12.4 Å². The number of benzene rings is 1. The lowest BCUT2D eigenvalue weighted by molar-refractivity contribution is -0.385. The van der Waals surface area contributed by atoms with E-state index in [-0.39, 0.29) is 23.2 Å². The third-order valence-corrected chi connectivity index (χ3v) is 4.21. The molecule has 140 valence electrons. The zero-order valence-corrected chi connectivity index (χ0v) is 15.1. The molecular formula is C18H19N5O4. The number of esters is 1. The molecule has 0 aliphatic heterocycles. The minimum Gasteiger partial charge on any atom is -0.465 e. The second kappa shape index (κ2) is 7.40. The van der Waals surface area contributed by atoms with Crippen LogP contribution in [-0.4, -0.2) is 32.6 Å². The van der Waals surface area contributed by atoms with Crippen LogP contribution in [0.25, 0.3) is 5.65 Å². The van der Waals surface area contributed by atoms with Gasteiger partial charge < -0.3 is 10.1 Å². The number of nitro groups is 1. The molecule has 1 aromatic carbocycles. The standard InChI is InChI=1S/C18H19N5O4/c1-11(2)16(17-21-20-15-6-4-5-9-22(15)17)19-12-7-8-14(23(25)26)13(10-12)18(24)27-3/h4-11,16,19H,1-3H3. The van der Waals surface area contributed by atoms with Crippen LogP contribution >= 0.6 is 0 Å². The molecule has 9 heteroatoms. The summed E-state index contributed by atoms with van der Waals surface area (Å²) in [5, 5.41) is 22.9. The number of nitrogens with zero attached hydrogens (tertiary/aromatic N) is 4. The maximum absolute atomic E-state index is 11.9. The van der Waals surface area contributed by atoms with Crippen molar-refractivity contribution in [3.8, 4) is 0 Å². The van der Waals surface area contributed by atoms with Crippen LogP contribution in [0.1, 0.15) is 36.1 Å². The van der Waals surface area contributed by atoms with Gasteiger partial charge in [0.2, 0.25) is 0 Å². The highest BCUT2D eigenvalue weighted by atomic mass is 16.6. The quantitative estimate of drug-likeness (QED) is 0.403. The fourth-order valence-electron chi connectivity index (χ4n) is 2.84. The summed E-state index contributed by atoms with van der Waals surface area (Å²) < 4.78 is 6.55. The minimum atomic E-state index is -0.764. The van der Waals surface area contributed by atoms with Crippen LogP contribution in [0, 0.1) is 16.0 Å². The highest BCUT2D eigenvalue weighted by molar-refractivity contribution is 5.95. The molecule has 2 heterocycles. The molecule has 3 rings (SSSR count). The molecule has 1 N–H and O–H groups in total. The smallest absolute Gasteiger partial charge is 0.344 e. The van der Waals surface area contributed by atoms with Gasteiger partial charge in [-0.3, -0.25) is 14.5 Å². The van der Waals surface area contributed by atoms with Gasteiger partial charge in [0.15, 0.2) is 11.5 Å². The van der Waals surface area contributed by atoms with Gasteiger partial charge in [-0.25, -0.2) is 4.79 Å². The lowest BCUT2D eigenvalue weighted by Crippen LogP contribution is -2.20. The van der Waals surface area contributed by atoms with Gasteiger partial charge in [0.05, 0.1) is 18.1 Å². The Bertz CT molecular complexity index is 998. The Morgan fingerprint density at radius 3 is 2.70 bits per heavy atom. The summed E-state index contributed by atoms with van der Waals surface area (Å²) in [7, 11) is 1.19. The molecule has 0 aliphatic carbocycles. The van der Waals surface area contributed by atoms with E-state index in [1.807, 2.05) is 42.6 Å². The fraction of sp³-hybridized carbons (Fsp3) is 0.278. The minimum absolute atomic E-state index is 0.110. The van der Waals surface area contributed by atoms with Gasteiger partial charge in [0.25, 0.3) is 5.69 Å². The normalized spacial score (nSPS) is 12.1. The van der Waals surface area contributed by atoms with Crippen molar-refractivity contribution in [3.05, 3.63) is 64.1 Å². The van der Waals surface area contributed by atoms with E-state index in [0.717, 1.165) is 5.65 Å². The van der Waals surface area contributed by atoms with Gasteiger partial charge in [0, 0.05) is 18.0 Å². The second-order valence-corrected chi connectivity index (χ2v) is 6.33. The Hall–Kier alpha value is -3.49. The van der Waals surface area contributed by atoms with Crippen molar-refractivity contribution in [2.45, 2.75) is 19.9 Å². The molecule has 0 radical (unpaired) electrons. The fourth-order valence-corrected chi connectivity index (χ4v) is 2.84. The van der Waals surface area contributed by atoms with Crippen molar-refractivity contribution in [3.63, 3.8) is 0 Å². The molecule has 0 aliphatic rings.